The average molecular weight is 352 g/mol. The summed E-state index contributed by atoms with van der Waals surface area (Å²) >= 11 is 0. The summed E-state index contributed by atoms with van der Waals surface area (Å²) in [6.07, 6.45) is 2.37. The van der Waals surface area contributed by atoms with Crippen molar-refractivity contribution in [2.24, 2.45) is 0 Å². The number of methoxy groups -OCH3 is 1. The van der Waals surface area contributed by atoms with Gasteiger partial charge in [0, 0.05) is 25.8 Å². The number of nitrogens with one attached hydrogen (secondary N) is 2. The molecule has 5 heteroatoms. The third kappa shape index (κ3) is 6.18. The average Bonchev–Trinajstić information content (AvgIpc) is 2.66. The van der Waals surface area contributed by atoms with Crippen LogP contribution in [0.4, 0.5) is 0 Å². The zero-order valence-corrected chi connectivity index (χ0v) is 15.1. The highest BCUT2D eigenvalue weighted by Gasteiger charge is 2.14. The second kappa shape index (κ2) is 10.2. The second-order valence-electron chi connectivity index (χ2n) is 5.89. The minimum absolute atomic E-state index is 0.208. The highest BCUT2D eigenvalue weighted by molar-refractivity contribution is 6.05. The lowest BCUT2D eigenvalue weighted by Crippen LogP contribution is -2.35. The summed E-state index contributed by atoms with van der Waals surface area (Å²) < 4.78 is 4.98. The van der Waals surface area contributed by atoms with Crippen LogP contribution >= 0.6 is 0 Å². The normalized spacial score (nSPS) is 11.1. The van der Waals surface area contributed by atoms with E-state index in [0.29, 0.717) is 25.1 Å². The summed E-state index contributed by atoms with van der Waals surface area (Å²) in [7, 11) is 1.62. The first kappa shape index (κ1) is 19.4. The molecule has 0 heterocycles. The van der Waals surface area contributed by atoms with E-state index in [1.807, 2.05) is 49.4 Å². The van der Waals surface area contributed by atoms with Gasteiger partial charge in [-0.2, -0.15) is 0 Å². The third-order valence-electron chi connectivity index (χ3n) is 3.73. The second-order valence-corrected chi connectivity index (χ2v) is 5.89. The van der Waals surface area contributed by atoms with Crippen molar-refractivity contribution in [1.82, 2.24) is 10.6 Å². The van der Waals surface area contributed by atoms with Gasteiger partial charge in [0.15, 0.2) is 0 Å². The Morgan fingerprint density at radius 3 is 2.38 bits per heavy atom. The quantitative estimate of drug-likeness (QED) is 0.567. The molecule has 0 bridgehead atoms. The van der Waals surface area contributed by atoms with E-state index < -0.39 is 0 Å². The van der Waals surface area contributed by atoms with E-state index in [4.69, 9.17) is 4.74 Å². The van der Waals surface area contributed by atoms with Crippen molar-refractivity contribution < 1.29 is 14.3 Å². The van der Waals surface area contributed by atoms with E-state index >= 15 is 0 Å². The Hall–Kier alpha value is -2.92. The molecule has 0 aliphatic carbocycles. The molecular formula is C21H24N2O3. The van der Waals surface area contributed by atoms with Crippen LogP contribution in [0.15, 0.2) is 60.3 Å². The molecule has 0 saturated carbocycles. The van der Waals surface area contributed by atoms with E-state index in [2.05, 4.69) is 10.6 Å². The summed E-state index contributed by atoms with van der Waals surface area (Å²) in [6, 6.07) is 16.6. The van der Waals surface area contributed by atoms with E-state index in [1.165, 1.54) is 0 Å². The molecule has 0 aliphatic heterocycles. The number of amides is 2. The monoisotopic (exact) mass is 352 g/mol. The first-order valence-electron chi connectivity index (χ1n) is 8.52. The number of rotatable bonds is 8. The van der Waals surface area contributed by atoms with Gasteiger partial charge >= 0.3 is 0 Å². The van der Waals surface area contributed by atoms with E-state index in [1.54, 1.807) is 25.3 Å². The predicted molar refractivity (Wildman–Crippen MR) is 103 cm³/mol. The van der Waals surface area contributed by atoms with Gasteiger partial charge < -0.3 is 15.4 Å². The van der Waals surface area contributed by atoms with Crippen LogP contribution in [0.2, 0.25) is 0 Å². The van der Waals surface area contributed by atoms with Crippen LogP contribution in [0.25, 0.3) is 6.08 Å². The van der Waals surface area contributed by atoms with Gasteiger partial charge in [-0.3, -0.25) is 9.59 Å². The Balaban J connectivity index is 2.14. The van der Waals surface area contributed by atoms with Crippen LogP contribution in [-0.4, -0.2) is 32.1 Å². The van der Waals surface area contributed by atoms with Crippen LogP contribution in [0.3, 0.4) is 0 Å². The lowest BCUT2D eigenvalue weighted by atomic mass is 10.1. The predicted octanol–water partition coefficient (Wildman–Crippen LogP) is 2.92. The summed E-state index contributed by atoms with van der Waals surface area (Å²) in [6.45, 7) is 2.99. The summed E-state index contributed by atoms with van der Waals surface area (Å²) in [5.74, 6) is -0.648. The van der Waals surface area contributed by atoms with Crippen LogP contribution < -0.4 is 10.6 Å². The lowest BCUT2D eigenvalue weighted by molar-refractivity contribution is -0.117. The van der Waals surface area contributed by atoms with E-state index in [9.17, 15) is 9.59 Å². The van der Waals surface area contributed by atoms with Crippen molar-refractivity contribution in [1.29, 1.82) is 0 Å². The lowest BCUT2D eigenvalue weighted by Gasteiger charge is -2.11. The summed E-state index contributed by atoms with van der Waals surface area (Å²) in [5.41, 5.74) is 2.61. The minimum Gasteiger partial charge on any atom is -0.385 e. The molecule has 5 nitrogen and oxygen atoms in total. The molecule has 0 unspecified atom stereocenters. The van der Waals surface area contributed by atoms with Crippen LogP contribution in [0.1, 0.15) is 27.9 Å². The Labute approximate surface area is 154 Å². The first-order valence-corrected chi connectivity index (χ1v) is 8.52. The maximum atomic E-state index is 12.5. The van der Waals surface area contributed by atoms with Gasteiger partial charge in [0.05, 0.1) is 0 Å². The molecule has 0 saturated heterocycles. The standard InChI is InChI=1S/C21H24N2O3/c1-16-9-11-18(12-10-16)20(24)23-19(15-17-7-4-3-5-8-17)21(25)22-13-6-14-26-2/h3-5,7-12,15H,6,13-14H2,1-2H3,(H,22,25)(H,23,24)/b19-15+. The zero-order chi connectivity index (χ0) is 18.8. The third-order valence-corrected chi connectivity index (χ3v) is 3.73. The van der Waals surface area contributed by atoms with Crippen LogP contribution in [0, 0.1) is 6.92 Å². The number of benzene rings is 2. The minimum atomic E-state index is -0.328. The fourth-order valence-corrected chi connectivity index (χ4v) is 2.29. The van der Waals surface area contributed by atoms with E-state index in [-0.39, 0.29) is 17.5 Å². The molecule has 2 aromatic carbocycles. The SMILES string of the molecule is COCCCNC(=O)/C(=C\c1ccccc1)NC(=O)c1ccc(C)cc1. The van der Waals surface area contributed by atoms with Gasteiger partial charge in [0.1, 0.15) is 5.70 Å². The summed E-state index contributed by atoms with van der Waals surface area (Å²) in [4.78, 5) is 25.0. The fraction of sp³-hybridized carbons (Fsp3) is 0.238. The topological polar surface area (TPSA) is 67.4 Å². The number of carbonyl (C=O) groups is 2. The Bertz CT molecular complexity index is 753. The smallest absolute Gasteiger partial charge is 0.267 e. The molecule has 0 spiro atoms. The maximum absolute atomic E-state index is 12.5. The van der Waals surface area contributed by atoms with Crippen LogP contribution in [0.5, 0.6) is 0 Å². The number of carbonyl (C=O) groups excluding carboxylic acids is 2. The molecule has 0 fully saturated rings. The first-order chi connectivity index (χ1) is 12.6. The number of hydrogen-bond acceptors (Lipinski definition) is 3. The zero-order valence-electron chi connectivity index (χ0n) is 15.1. The fourth-order valence-electron chi connectivity index (χ4n) is 2.29. The van der Waals surface area contributed by atoms with Gasteiger partial charge in [-0.15, -0.1) is 0 Å². The highest BCUT2D eigenvalue weighted by Crippen LogP contribution is 2.08. The molecule has 0 aliphatic rings. The molecule has 136 valence electrons. The molecule has 0 atom stereocenters. The maximum Gasteiger partial charge on any atom is 0.267 e. The van der Waals surface area contributed by atoms with Gasteiger partial charge in [0.25, 0.3) is 11.8 Å². The largest absolute Gasteiger partial charge is 0.385 e. The van der Waals surface area contributed by atoms with Crippen molar-refractivity contribution in [3.8, 4) is 0 Å². The van der Waals surface area contributed by atoms with Crippen molar-refractivity contribution in [2.75, 3.05) is 20.3 Å². The van der Waals surface area contributed by atoms with Crippen molar-refractivity contribution in [2.45, 2.75) is 13.3 Å². The molecule has 2 rings (SSSR count). The van der Waals surface area contributed by atoms with Crippen molar-refractivity contribution >= 4 is 17.9 Å². The molecule has 0 aromatic heterocycles. The van der Waals surface area contributed by atoms with Crippen molar-refractivity contribution in [3.05, 3.63) is 77.0 Å². The van der Waals surface area contributed by atoms with Crippen LogP contribution in [-0.2, 0) is 9.53 Å². The van der Waals surface area contributed by atoms with Gasteiger partial charge in [-0.1, -0.05) is 48.0 Å². The highest BCUT2D eigenvalue weighted by atomic mass is 16.5. The number of ether oxygens (including phenoxy) is 1. The van der Waals surface area contributed by atoms with Gasteiger partial charge in [-0.05, 0) is 37.1 Å². The van der Waals surface area contributed by atoms with Gasteiger partial charge in [0.2, 0.25) is 0 Å². The Morgan fingerprint density at radius 2 is 1.73 bits per heavy atom. The van der Waals surface area contributed by atoms with E-state index in [0.717, 1.165) is 11.1 Å². The van der Waals surface area contributed by atoms with Crippen molar-refractivity contribution in [3.63, 3.8) is 0 Å². The Kier molecular flexibility index (Phi) is 7.58. The Morgan fingerprint density at radius 1 is 1.04 bits per heavy atom. The molecule has 0 radical (unpaired) electrons. The summed E-state index contributed by atoms with van der Waals surface area (Å²) in [5, 5.41) is 5.52. The number of aryl methyl sites for hydroxylation is 1. The van der Waals surface area contributed by atoms with Gasteiger partial charge in [-0.25, -0.2) is 0 Å². The molecule has 26 heavy (non-hydrogen) atoms. The molecule has 2 amide bonds. The molecule has 2 aromatic rings. The molecule has 2 N–H and O–H groups in total. The number of hydrogen-bond donors (Lipinski definition) is 2. The molecular weight excluding hydrogens is 328 g/mol.